The Bertz CT molecular complexity index is 199. The van der Waals surface area contributed by atoms with Gasteiger partial charge in [-0.2, -0.15) is 0 Å². The van der Waals surface area contributed by atoms with Crippen molar-refractivity contribution in [2.75, 3.05) is 0 Å². The largest absolute Gasteiger partial charge is 0.303 e. The lowest BCUT2D eigenvalue weighted by atomic mass is 10.2. The summed E-state index contributed by atoms with van der Waals surface area (Å²) in [5.74, 6) is 0. The van der Waals surface area contributed by atoms with Crippen molar-refractivity contribution in [2.45, 2.75) is 39.0 Å². The van der Waals surface area contributed by atoms with Crippen LogP contribution in [0.5, 0.6) is 0 Å². The molecule has 0 atom stereocenters. The van der Waals surface area contributed by atoms with E-state index in [2.05, 4.69) is 37.3 Å². The van der Waals surface area contributed by atoms with Gasteiger partial charge in [0, 0.05) is 6.42 Å². The van der Waals surface area contributed by atoms with Gasteiger partial charge >= 0.3 is 0 Å². The molecule has 1 nitrogen and oxygen atoms in total. The van der Waals surface area contributed by atoms with Crippen molar-refractivity contribution in [3.8, 4) is 0 Å². The maximum atomic E-state index is 9.97. The lowest BCUT2D eigenvalue weighted by molar-refractivity contribution is -0.107. The highest BCUT2D eigenvalue weighted by Crippen LogP contribution is 1.95. The highest BCUT2D eigenvalue weighted by atomic mass is 16.1. The van der Waals surface area contributed by atoms with Crippen LogP contribution in [0.25, 0.3) is 0 Å². The number of rotatable bonds is 8. The molecule has 0 aliphatic carbocycles. The summed E-state index contributed by atoms with van der Waals surface area (Å²) in [5, 5.41) is 0. The molecule has 0 aliphatic rings. The van der Waals surface area contributed by atoms with E-state index in [1.54, 1.807) is 0 Å². The minimum Gasteiger partial charge on any atom is -0.303 e. The van der Waals surface area contributed by atoms with Crippen LogP contribution in [0.15, 0.2) is 36.5 Å². The number of carbonyl (C=O) groups excluding carboxylic acids is 1. The van der Waals surface area contributed by atoms with Gasteiger partial charge in [-0.3, -0.25) is 0 Å². The van der Waals surface area contributed by atoms with Gasteiger partial charge in [0.15, 0.2) is 0 Å². The zero-order valence-corrected chi connectivity index (χ0v) is 8.99. The van der Waals surface area contributed by atoms with Crippen LogP contribution in [0, 0.1) is 0 Å². The smallest absolute Gasteiger partial charge is 0.123 e. The molecule has 0 aliphatic heterocycles. The molecule has 0 radical (unpaired) electrons. The van der Waals surface area contributed by atoms with Crippen molar-refractivity contribution < 1.29 is 4.79 Å². The molecular weight excluding hydrogens is 172 g/mol. The predicted octanol–water partition coefficient (Wildman–Crippen LogP) is 3.82. The Labute approximate surface area is 87.2 Å². The van der Waals surface area contributed by atoms with E-state index in [1.807, 2.05) is 6.08 Å². The SMILES string of the molecule is CCC/C=C/C=C/CC/C=C/CC=O. The summed E-state index contributed by atoms with van der Waals surface area (Å²) in [4.78, 5) is 9.97. The van der Waals surface area contributed by atoms with E-state index in [0.29, 0.717) is 6.42 Å². The van der Waals surface area contributed by atoms with E-state index in [4.69, 9.17) is 0 Å². The van der Waals surface area contributed by atoms with Crippen LogP contribution < -0.4 is 0 Å². The van der Waals surface area contributed by atoms with Crippen molar-refractivity contribution in [2.24, 2.45) is 0 Å². The fraction of sp³-hybridized carbons (Fsp3) is 0.462. The van der Waals surface area contributed by atoms with E-state index >= 15 is 0 Å². The second-order valence-corrected chi connectivity index (χ2v) is 3.10. The summed E-state index contributed by atoms with van der Waals surface area (Å²) in [6.45, 7) is 2.17. The number of hydrogen-bond donors (Lipinski definition) is 0. The molecule has 0 saturated heterocycles. The number of carbonyl (C=O) groups is 1. The van der Waals surface area contributed by atoms with Crippen LogP contribution in [0.1, 0.15) is 39.0 Å². The predicted molar refractivity (Wildman–Crippen MR) is 62.2 cm³/mol. The Hall–Kier alpha value is -1.11. The van der Waals surface area contributed by atoms with Gasteiger partial charge in [-0.25, -0.2) is 0 Å². The molecule has 0 heterocycles. The number of unbranched alkanes of at least 4 members (excludes halogenated alkanes) is 2. The number of aldehydes is 1. The molecule has 0 amide bonds. The van der Waals surface area contributed by atoms with E-state index in [-0.39, 0.29) is 0 Å². The number of hydrogen-bond acceptors (Lipinski definition) is 1. The van der Waals surface area contributed by atoms with Gasteiger partial charge in [0.2, 0.25) is 0 Å². The first-order chi connectivity index (χ1) is 6.91. The van der Waals surface area contributed by atoms with E-state index in [0.717, 1.165) is 25.5 Å². The Morgan fingerprint density at radius 3 is 2.14 bits per heavy atom. The molecule has 0 rings (SSSR count). The standard InChI is InChI=1S/C13H20O/c1-2-3-4-5-6-7-8-9-10-11-12-13-14/h4-7,10-11,13H,2-3,8-9,12H2,1H3/b5-4+,7-6+,11-10+. The zero-order chi connectivity index (χ0) is 10.5. The summed E-state index contributed by atoms with van der Waals surface area (Å²) < 4.78 is 0. The summed E-state index contributed by atoms with van der Waals surface area (Å²) in [7, 11) is 0. The van der Waals surface area contributed by atoms with Crippen molar-refractivity contribution in [3.63, 3.8) is 0 Å². The van der Waals surface area contributed by atoms with E-state index in [1.165, 1.54) is 6.42 Å². The van der Waals surface area contributed by atoms with Gasteiger partial charge in [-0.1, -0.05) is 49.8 Å². The van der Waals surface area contributed by atoms with Crippen LogP contribution >= 0.6 is 0 Å². The van der Waals surface area contributed by atoms with Crippen LogP contribution in [-0.4, -0.2) is 6.29 Å². The third kappa shape index (κ3) is 10.9. The summed E-state index contributed by atoms with van der Waals surface area (Å²) in [5.41, 5.74) is 0. The highest BCUT2D eigenvalue weighted by Gasteiger charge is 1.76. The minimum atomic E-state index is 0.542. The third-order valence-electron chi connectivity index (χ3n) is 1.74. The monoisotopic (exact) mass is 192 g/mol. The molecule has 0 aromatic heterocycles. The Kier molecular flexibility index (Phi) is 10.9. The highest BCUT2D eigenvalue weighted by molar-refractivity contribution is 5.51. The average Bonchev–Trinajstić information content (AvgIpc) is 2.21. The molecule has 1 heteroatoms. The maximum absolute atomic E-state index is 9.97. The molecule has 0 aromatic carbocycles. The minimum absolute atomic E-state index is 0.542. The molecule has 0 aromatic rings. The zero-order valence-electron chi connectivity index (χ0n) is 8.99. The van der Waals surface area contributed by atoms with Crippen LogP contribution in [0.3, 0.4) is 0 Å². The van der Waals surface area contributed by atoms with Crippen molar-refractivity contribution in [3.05, 3.63) is 36.5 Å². The topological polar surface area (TPSA) is 17.1 Å². The second kappa shape index (κ2) is 11.9. The Balaban J connectivity index is 3.30. The number of allylic oxidation sites excluding steroid dienone is 6. The Morgan fingerprint density at radius 2 is 1.50 bits per heavy atom. The second-order valence-electron chi connectivity index (χ2n) is 3.10. The van der Waals surface area contributed by atoms with Gasteiger partial charge < -0.3 is 4.79 Å². The fourth-order valence-electron chi connectivity index (χ4n) is 0.978. The van der Waals surface area contributed by atoms with Crippen LogP contribution in [0.2, 0.25) is 0 Å². The lowest BCUT2D eigenvalue weighted by Gasteiger charge is -1.85. The molecule has 0 saturated carbocycles. The fourth-order valence-corrected chi connectivity index (χ4v) is 0.978. The Morgan fingerprint density at radius 1 is 0.857 bits per heavy atom. The molecule has 0 spiro atoms. The van der Waals surface area contributed by atoms with Crippen molar-refractivity contribution >= 4 is 6.29 Å². The van der Waals surface area contributed by atoms with Crippen molar-refractivity contribution in [1.82, 2.24) is 0 Å². The first-order valence-electron chi connectivity index (χ1n) is 5.32. The molecule has 0 N–H and O–H groups in total. The molecular formula is C13H20O. The summed E-state index contributed by atoms with van der Waals surface area (Å²) in [6, 6.07) is 0. The molecule has 0 unspecified atom stereocenters. The van der Waals surface area contributed by atoms with E-state index < -0.39 is 0 Å². The van der Waals surface area contributed by atoms with Gasteiger partial charge in [0.05, 0.1) is 0 Å². The van der Waals surface area contributed by atoms with Gasteiger partial charge in [0.25, 0.3) is 0 Å². The van der Waals surface area contributed by atoms with Crippen molar-refractivity contribution in [1.29, 1.82) is 0 Å². The summed E-state index contributed by atoms with van der Waals surface area (Å²) in [6.07, 6.45) is 18.4. The third-order valence-corrected chi connectivity index (χ3v) is 1.74. The first-order valence-corrected chi connectivity index (χ1v) is 5.32. The molecule has 78 valence electrons. The first kappa shape index (κ1) is 12.9. The lowest BCUT2D eigenvalue weighted by Crippen LogP contribution is -1.68. The average molecular weight is 192 g/mol. The van der Waals surface area contributed by atoms with Gasteiger partial charge in [-0.15, -0.1) is 0 Å². The van der Waals surface area contributed by atoms with Gasteiger partial charge in [0.1, 0.15) is 6.29 Å². The quantitative estimate of drug-likeness (QED) is 0.247. The molecule has 14 heavy (non-hydrogen) atoms. The van der Waals surface area contributed by atoms with E-state index in [9.17, 15) is 4.79 Å². The molecule has 0 fully saturated rings. The van der Waals surface area contributed by atoms with Gasteiger partial charge in [-0.05, 0) is 19.3 Å². The maximum Gasteiger partial charge on any atom is 0.123 e. The van der Waals surface area contributed by atoms with Crippen LogP contribution in [0.4, 0.5) is 0 Å². The molecule has 0 bridgehead atoms. The normalized spacial score (nSPS) is 12.1. The van der Waals surface area contributed by atoms with Crippen LogP contribution in [-0.2, 0) is 4.79 Å². The summed E-state index contributed by atoms with van der Waals surface area (Å²) >= 11 is 0.